The Labute approximate surface area is 434 Å². The second-order valence-corrected chi connectivity index (χ2v) is 22.3. The summed E-state index contributed by atoms with van der Waals surface area (Å²) in [6, 6.07) is 31.3. The highest BCUT2D eigenvalue weighted by Gasteiger charge is 2.61. The number of carbonyl (C=O) groups excluding carboxylic acids is 2. The maximum absolute atomic E-state index is 12.5. The smallest absolute Gasteiger partial charge is 0.310 e. The number of esters is 1. The molecule has 7 rings (SSSR count). The van der Waals surface area contributed by atoms with Crippen molar-refractivity contribution in [2.24, 2.45) is 17.3 Å². The highest BCUT2D eigenvalue weighted by Crippen LogP contribution is 2.60. The van der Waals surface area contributed by atoms with Gasteiger partial charge in [0.25, 0.3) is 0 Å². The Balaban J connectivity index is 0.000000208. The van der Waals surface area contributed by atoms with E-state index < -0.39 is 13.7 Å². The van der Waals surface area contributed by atoms with Crippen LogP contribution in [-0.4, -0.2) is 49.9 Å². The van der Waals surface area contributed by atoms with Gasteiger partial charge in [0, 0.05) is 28.0 Å². The van der Waals surface area contributed by atoms with E-state index in [1.54, 1.807) is 57.0 Å². The highest BCUT2D eigenvalue weighted by atomic mass is 35.6. The van der Waals surface area contributed by atoms with Gasteiger partial charge in [-0.05, 0) is 121 Å². The Morgan fingerprint density at radius 1 is 0.776 bits per heavy atom. The molecule has 1 fully saturated rings. The van der Waals surface area contributed by atoms with Gasteiger partial charge >= 0.3 is 5.97 Å². The van der Waals surface area contributed by atoms with Crippen LogP contribution in [0.3, 0.4) is 0 Å². The molecular formula is C52H54Cl8N2O5. The Hall–Kier alpha value is -3.63. The molecule has 67 heavy (non-hydrogen) atoms. The number of methoxy groups -OCH3 is 2. The van der Waals surface area contributed by atoms with Crippen molar-refractivity contribution in [3.63, 3.8) is 0 Å². The number of halogens is 8. The summed E-state index contributed by atoms with van der Waals surface area (Å²) in [7, 11) is 3.23. The predicted octanol–water partition coefficient (Wildman–Crippen LogP) is 16.1. The van der Waals surface area contributed by atoms with E-state index in [0.29, 0.717) is 16.5 Å². The molecule has 2 aliphatic rings. The van der Waals surface area contributed by atoms with Crippen molar-refractivity contribution in [2.75, 3.05) is 14.2 Å². The zero-order valence-electron chi connectivity index (χ0n) is 38.1. The number of nitrogens with one attached hydrogen (secondary N) is 1. The van der Waals surface area contributed by atoms with Gasteiger partial charge in [-0.2, -0.15) is 5.10 Å². The molecule has 2 aliphatic carbocycles. The molecule has 5 aromatic rings. The van der Waals surface area contributed by atoms with E-state index >= 15 is 0 Å². The third-order valence-corrected chi connectivity index (χ3v) is 13.1. The summed E-state index contributed by atoms with van der Waals surface area (Å²) in [5, 5.41) is 7.49. The third kappa shape index (κ3) is 16.2. The van der Waals surface area contributed by atoms with Gasteiger partial charge in [-0.15, -0.1) is 6.58 Å². The van der Waals surface area contributed by atoms with Crippen molar-refractivity contribution in [3.05, 3.63) is 183 Å². The van der Waals surface area contributed by atoms with E-state index in [-0.39, 0.29) is 47.3 Å². The van der Waals surface area contributed by atoms with E-state index in [4.69, 9.17) is 107 Å². The van der Waals surface area contributed by atoms with Crippen LogP contribution in [0.4, 0.5) is 0 Å². The summed E-state index contributed by atoms with van der Waals surface area (Å²) in [4.78, 5) is 24.5. The lowest BCUT2D eigenvalue weighted by molar-refractivity contribution is -0.150. The quantitative estimate of drug-likeness (QED) is 0.0805. The monoisotopic (exact) mass is 1070 g/mol. The van der Waals surface area contributed by atoms with Gasteiger partial charge in [-0.25, -0.2) is 0 Å². The number of hydrogen-bond donors (Lipinski definition) is 1. The van der Waals surface area contributed by atoms with Crippen LogP contribution in [0, 0.1) is 17.3 Å². The minimum Gasteiger partial charge on any atom is -0.497 e. The van der Waals surface area contributed by atoms with E-state index in [1.165, 1.54) is 5.57 Å². The average molecular weight is 1070 g/mol. The fraction of sp³-hybridized carbons (Fsp3) is 0.327. The number of allylic oxidation sites excluding steroid dienone is 4. The molecule has 1 aromatic heterocycles. The second-order valence-electron chi connectivity index (χ2n) is 16.6. The molecule has 0 aliphatic heterocycles. The molecule has 0 radical (unpaired) electrons. The van der Waals surface area contributed by atoms with Gasteiger partial charge in [-0.3, -0.25) is 14.7 Å². The third-order valence-electron chi connectivity index (χ3n) is 11.3. The standard InChI is InChI=1S/C19H26O3.C16H15Cl3O2.C14H9Cl5.C3H4N2/c1-7-8-13-12(4)16(10-15(13)20)22-18(21)17-14(9-11(2)3)19(17,5)6;1-20-13-7-3-11(4-8-13)15(16(17,18)19)12-5-9-14(21-2)10-6-12;15-11-5-1-9(2-6-11)13(14(17,18)19)10-3-7-12(16)8-4-10;1-2-4-5-3-1/h7,9,14,16-17H,1,8,10H2,2-6H3;3-10,15H,1-2H3;1-8,13H;1-3H,(H,4,5). The molecule has 1 N–H and O–H groups in total. The Morgan fingerprint density at radius 3 is 1.51 bits per heavy atom. The maximum Gasteiger partial charge on any atom is 0.310 e. The van der Waals surface area contributed by atoms with E-state index in [1.807, 2.05) is 99.6 Å². The van der Waals surface area contributed by atoms with Crippen molar-refractivity contribution in [1.82, 2.24) is 10.2 Å². The number of nitrogens with zero attached hydrogens (tertiary/aromatic N) is 1. The summed E-state index contributed by atoms with van der Waals surface area (Å²) in [6.07, 6.45) is 7.77. The number of carbonyl (C=O) groups is 2. The Bertz CT molecular complexity index is 2310. The van der Waals surface area contributed by atoms with Crippen LogP contribution in [0.1, 0.15) is 81.5 Å². The summed E-state index contributed by atoms with van der Waals surface area (Å²) in [5.74, 6) is 0.794. The number of Topliss-reactive ketones (excluding diaryl/α,β-unsaturated/α-hetero) is 1. The SMILES string of the molecule is C=CCC1=C(C)C(OC(=O)C2C(C=C(C)C)C2(C)C)CC1=O.COc1ccc(C(c2ccc(OC)cc2)C(Cl)(Cl)Cl)cc1.Clc1ccc(C(c2ccc(Cl)cc2)C(Cl)(Cl)Cl)cc1.c1cn[nH]c1. The van der Waals surface area contributed by atoms with E-state index in [0.717, 1.165) is 44.9 Å². The largest absolute Gasteiger partial charge is 0.497 e. The summed E-state index contributed by atoms with van der Waals surface area (Å²) in [6.45, 7) is 13.8. The highest BCUT2D eigenvalue weighted by molar-refractivity contribution is 6.68. The number of benzene rings is 4. The van der Waals surface area contributed by atoms with Gasteiger partial charge < -0.3 is 14.2 Å². The zero-order valence-corrected chi connectivity index (χ0v) is 44.2. The lowest BCUT2D eigenvalue weighted by Crippen LogP contribution is -2.20. The van der Waals surface area contributed by atoms with Gasteiger partial charge in [0.2, 0.25) is 7.59 Å². The summed E-state index contributed by atoms with van der Waals surface area (Å²) >= 11 is 48.7. The van der Waals surface area contributed by atoms with Gasteiger partial charge in [-0.1, -0.05) is 173 Å². The fourth-order valence-corrected chi connectivity index (χ4v) is 9.44. The summed E-state index contributed by atoms with van der Waals surface area (Å²) in [5.41, 5.74) is 6.37. The molecule has 0 bridgehead atoms. The number of hydrogen-bond acceptors (Lipinski definition) is 6. The minimum absolute atomic E-state index is 0.0570. The molecule has 1 saturated carbocycles. The van der Waals surface area contributed by atoms with Crippen LogP contribution < -0.4 is 9.47 Å². The molecule has 3 atom stereocenters. The molecular weight excluding hydrogens is 1020 g/mol. The normalized spacial score (nSPS) is 17.2. The number of ether oxygens (including phenoxy) is 3. The Morgan fingerprint density at radius 2 is 1.19 bits per heavy atom. The molecule has 7 nitrogen and oxygen atoms in total. The summed E-state index contributed by atoms with van der Waals surface area (Å²) < 4.78 is 13.1. The number of rotatable bonds is 11. The number of aromatic nitrogens is 2. The Kier molecular flexibility index (Phi) is 21.1. The number of alkyl halides is 6. The van der Waals surface area contributed by atoms with Crippen molar-refractivity contribution in [1.29, 1.82) is 0 Å². The van der Waals surface area contributed by atoms with Crippen molar-refractivity contribution < 1.29 is 23.8 Å². The van der Waals surface area contributed by atoms with Crippen molar-refractivity contribution >= 4 is 105 Å². The van der Waals surface area contributed by atoms with Crippen LogP contribution in [0.2, 0.25) is 10.0 Å². The molecule has 15 heteroatoms. The molecule has 358 valence electrons. The van der Waals surface area contributed by atoms with Gasteiger partial charge in [0.1, 0.15) is 17.6 Å². The van der Waals surface area contributed by atoms with Crippen LogP contribution >= 0.6 is 92.8 Å². The fourth-order valence-electron chi connectivity index (χ4n) is 7.68. The van der Waals surface area contributed by atoms with Gasteiger partial charge in [0.05, 0.1) is 38.4 Å². The molecule has 0 amide bonds. The number of ketones is 1. The van der Waals surface area contributed by atoms with Crippen molar-refractivity contribution in [2.45, 2.75) is 73.0 Å². The first kappa shape index (κ1) is 56.0. The van der Waals surface area contributed by atoms with Crippen LogP contribution in [0.5, 0.6) is 11.5 Å². The maximum atomic E-state index is 12.5. The van der Waals surface area contributed by atoms with Gasteiger partial charge in [0.15, 0.2) is 5.78 Å². The first-order valence-corrected chi connectivity index (χ1v) is 24.1. The van der Waals surface area contributed by atoms with Crippen LogP contribution in [0.25, 0.3) is 0 Å². The van der Waals surface area contributed by atoms with Crippen LogP contribution in [-0.2, 0) is 14.3 Å². The lowest BCUT2D eigenvalue weighted by atomic mass is 9.92. The number of H-pyrrole nitrogens is 1. The van der Waals surface area contributed by atoms with Crippen LogP contribution in [0.15, 0.2) is 151 Å². The lowest BCUT2D eigenvalue weighted by Gasteiger charge is -2.25. The second kappa shape index (κ2) is 25.3. The molecule has 0 saturated heterocycles. The molecule has 4 aromatic carbocycles. The van der Waals surface area contributed by atoms with Crippen molar-refractivity contribution in [3.8, 4) is 11.5 Å². The first-order chi connectivity index (χ1) is 31.5. The average Bonchev–Trinajstić information content (AvgIpc) is 3.64. The molecule has 1 heterocycles. The van der Waals surface area contributed by atoms with E-state index in [2.05, 4.69) is 36.7 Å². The molecule has 3 unspecified atom stereocenters. The minimum atomic E-state index is -1.46. The van der Waals surface area contributed by atoms with E-state index in [9.17, 15) is 9.59 Å². The predicted molar refractivity (Wildman–Crippen MR) is 279 cm³/mol. The zero-order chi connectivity index (χ0) is 49.7. The number of aromatic amines is 1. The molecule has 0 spiro atoms. The topological polar surface area (TPSA) is 90.5 Å². The first-order valence-electron chi connectivity index (χ1n) is 21.1.